The van der Waals surface area contributed by atoms with Gasteiger partial charge in [-0.15, -0.1) is 0 Å². The molecule has 1 N–H and O–H groups in total. The molecule has 0 atom stereocenters. The molecule has 0 aliphatic heterocycles. The number of esters is 2. The zero-order chi connectivity index (χ0) is 28.2. The first-order valence-corrected chi connectivity index (χ1v) is 14.1. The van der Waals surface area contributed by atoms with Crippen molar-refractivity contribution in [1.29, 1.82) is 0 Å². The van der Waals surface area contributed by atoms with Crippen molar-refractivity contribution in [2.45, 2.75) is 25.3 Å². The van der Waals surface area contributed by atoms with Crippen LogP contribution in [0.25, 0.3) is 10.2 Å². The van der Waals surface area contributed by atoms with Crippen molar-refractivity contribution in [3.05, 3.63) is 88.2 Å². The van der Waals surface area contributed by atoms with Crippen LogP contribution in [0.3, 0.4) is 0 Å². The number of nitrogens with one attached hydrogen (secondary N) is 1. The summed E-state index contributed by atoms with van der Waals surface area (Å²) in [6, 6.07) is 17.2. The minimum absolute atomic E-state index is 0.0172. The number of thiazole rings is 1. The number of amides is 1. The number of hydrogen-bond acceptors (Lipinski definition) is 8. The SMILES string of the molecule is CCOC(=O)Cn1c(=NC(=O)c2ccccc2NS(=O)(=O)c2ccc(C)cc2)sc2cc(C(=O)OC)ccc21. The molecular weight excluding hydrogens is 542 g/mol. The topological polar surface area (TPSA) is 133 Å². The Kier molecular flexibility index (Phi) is 8.27. The highest BCUT2D eigenvalue weighted by molar-refractivity contribution is 7.92. The first-order chi connectivity index (χ1) is 18.6. The second-order valence-electron chi connectivity index (χ2n) is 8.33. The second kappa shape index (κ2) is 11.6. The number of hydrogen-bond donors (Lipinski definition) is 1. The monoisotopic (exact) mass is 567 g/mol. The van der Waals surface area contributed by atoms with E-state index < -0.39 is 27.9 Å². The Morgan fingerprint density at radius 3 is 2.44 bits per heavy atom. The van der Waals surface area contributed by atoms with E-state index in [1.165, 1.54) is 35.9 Å². The highest BCUT2D eigenvalue weighted by atomic mass is 32.2. The van der Waals surface area contributed by atoms with Crippen LogP contribution in [0.4, 0.5) is 5.69 Å². The number of rotatable bonds is 8. The van der Waals surface area contributed by atoms with Crippen molar-refractivity contribution in [2.75, 3.05) is 18.4 Å². The molecular formula is C27H25N3O7S2. The Morgan fingerprint density at radius 1 is 1.03 bits per heavy atom. The van der Waals surface area contributed by atoms with Crippen molar-refractivity contribution < 1.29 is 32.3 Å². The molecule has 0 spiro atoms. The molecule has 0 fully saturated rings. The van der Waals surface area contributed by atoms with Gasteiger partial charge in [-0.1, -0.05) is 41.2 Å². The van der Waals surface area contributed by atoms with E-state index in [0.717, 1.165) is 16.9 Å². The van der Waals surface area contributed by atoms with E-state index in [2.05, 4.69) is 9.71 Å². The molecule has 0 unspecified atom stereocenters. The van der Waals surface area contributed by atoms with Crippen LogP contribution in [0.2, 0.25) is 0 Å². The molecule has 12 heteroatoms. The molecule has 1 aromatic heterocycles. The van der Waals surface area contributed by atoms with Crippen molar-refractivity contribution in [1.82, 2.24) is 4.57 Å². The molecule has 1 amide bonds. The molecule has 4 rings (SSSR count). The summed E-state index contributed by atoms with van der Waals surface area (Å²) >= 11 is 1.09. The van der Waals surface area contributed by atoms with Crippen LogP contribution in [-0.2, 0) is 30.8 Å². The molecule has 0 saturated heterocycles. The predicted octanol–water partition coefficient (Wildman–Crippen LogP) is 3.90. The summed E-state index contributed by atoms with van der Waals surface area (Å²) < 4.78 is 40.4. The standard InChI is InChI=1S/C27H25N3O7S2/c1-4-37-24(31)16-30-22-14-11-18(26(33)36-3)15-23(22)38-27(30)28-25(32)20-7-5-6-8-21(20)29-39(34,35)19-12-9-17(2)10-13-19/h5-15,29H,4,16H2,1-3H3. The van der Waals surface area contributed by atoms with Gasteiger partial charge in [0.15, 0.2) is 4.80 Å². The molecule has 202 valence electrons. The van der Waals surface area contributed by atoms with Gasteiger partial charge < -0.3 is 14.0 Å². The lowest BCUT2D eigenvalue weighted by atomic mass is 10.2. The Hall–Kier alpha value is -4.29. The lowest BCUT2D eigenvalue weighted by Gasteiger charge is -2.11. The van der Waals surface area contributed by atoms with Gasteiger partial charge in [-0.3, -0.25) is 14.3 Å². The Balaban J connectivity index is 1.77. The summed E-state index contributed by atoms with van der Waals surface area (Å²) in [6.45, 7) is 3.48. The first-order valence-electron chi connectivity index (χ1n) is 11.8. The average molecular weight is 568 g/mol. The third-order valence-electron chi connectivity index (χ3n) is 5.63. The minimum atomic E-state index is -3.98. The third-order valence-corrected chi connectivity index (χ3v) is 8.05. The lowest BCUT2D eigenvalue weighted by molar-refractivity contribution is -0.143. The largest absolute Gasteiger partial charge is 0.465 e. The summed E-state index contributed by atoms with van der Waals surface area (Å²) in [5.74, 6) is -1.80. The normalized spacial score (nSPS) is 11.8. The van der Waals surface area contributed by atoms with E-state index in [-0.39, 0.29) is 34.1 Å². The van der Waals surface area contributed by atoms with Crippen LogP contribution in [0.15, 0.2) is 76.6 Å². The van der Waals surface area contributed by atoms with Gasteiger partial charge in [-0.25, -0.2) is 13.2 Å². The van der Waals surface area contributed by atoms with Crippen LogP contribution in [0, 0.1) is 6.92 Å². The lowest BCUT2D eigenvalue weighted by Crippen LogP contribution is -2.23. The number of anilines is 1. The highest BCUT2D eigenvalue weighted by Crippen LogP contribution is 2.23. The van der Waals surface area contributed by atoms with E-state index in [4.69, 9.17) is 9.47 Å². The predicted molar refractivity (Wildman–Crippen MR) is 146 cm³/mol. The van der Waals surface area contributed by atoms with Crippen LogP contribution in [0.1, 0.15) is 33.2 Å². The maximum atomic E-state index is 13.4. The van der Waals surface area contributed by atoms with Crippen LogP contribution in [-0.4, -0.2) is 44.5 Å². The van der Waals surface area contributed by atoms with Gasteiger partial charge in [-0.05, 0) is 56.3 Å². The van der Waals surface area contributed by atoms with Gasteiger partial charge in [0, 0.05) is 0 Å². The van der Waals surface area contributed by atoms with Gasteiger partial charge in [-0.2, -0.15) is 4.99 Å². The van der Waals surface area contributed by atoms with Crippen LogP contribution < -0.4 is 9.52 Å². The van der Waals surface area contributed by atoms with Crippen LogP contribution >= 0.6 is 11.3 Å². The summed E-state index contributed by atoms with van der Waals surface area (Å²) in [7, 11) is -2.71. The fraction of sp³-hybridized carbons (Fsp3) is 0.185. The molecule has 0 aliphatic rings. The molecule has 4 aromatic rings. The molecule has 3 aromatic carbocycles. The summed E-state index contributed by atoms with van der Waals surface area (Å²) in [4.78, 5) is 42.2. The molecule has 0 aliphatic carbocycles. The van der Waals surface area contributed by atoms with Gasteiger partial charge in [0.25, 0.3) is 15.9 Å². The van der Waals surface area contributed by atoms with E-state index in [9.17, 15) is 22.8 Å². The van der Waals surface area contributed by atoms with Crippen molar-refractivity contribution >= 4 is 55.1 Å². The molecule has 39 heavy (non-hydrogen) atoms. The number of aryl methyl sites for hydroxylation is 1. The number of aromatic nitrogens is 1. The molecule has 0 radical (unpaired) electrons. The maximum absolute atomic E-state index is 13.4. The number of sulfonamides is 1. The number of para-hydroxylation sites is 1. The number of nitrogens with zero attached hydrogens (tertiary/aromatic N) is 2. The zero-order valence-electron chi connectivity index (χ0n) is 21.3. The van der Waals surface area contributed by atoms with E-state index in [1.807, 2.05) is 6.92 Å². The highest BCUT2D eigenvalue weighted by Gasteiger charge is 2.20. The molecule has 10 nitrogen and oxygen atoms in total. The number of fused-ring (bicyclic) bond motifs is 1. The number of methoxy groups -OCH3 is 1. The van der Waals surface area contributed by atoms with Crippen molar-refractivity contribution in [3.63, 3.8) is 0 Å². The number of benzene rings is 3. The molecule has 1 heterocycles. The number of ether oxygens (including phenoxy) is 2. The van der Waals surface area contributed by atoms with E-state index >= 15 is 0 Å². The fourth-order valence-electron chi connectivity index (χ4n) is 3.72. The third kappa shape index (κ3) is 6.24. The fourth-order valence-corrected chi connectivity index (χ4v) is 5.87. The number of carbonyl (C=O) groups is 3. The Bertz CT molecular complexity index is 1740. The quantitative estimate of drug-likeness (QED) is 0.319. The summed E-state index contributed by atoms with van der Waals surface area (Å²) in [5, 5.41) is 0. The zero-order valence-corrected chi connectivity index (χ0v) is 23.0. The first kappa shape index (κ1) is 27.7. The van der Waals surface area contributed by atoms with Gasteiger partial charge >= 0.3 is 11.9 Å². The van der Waals surface area contributed by atoms with Crippen molar-refractivity contribution in [3.8, 4) is 0 Å². The summed E-state index contributed by atoms with van der Waals surface area (Å²) in [6.07, 6.45) is 0. The van der Waals surface area contributed by atoms with Crippen LogP contribution in [0.5, 0.6) is 0 Å². The molecule has 0 bridgehead atoms. The average Bonchev–Trinajstić information content (AvgIpc) is 3.24. The Morgan fingerprint density at radius 2 is 1.74 bits per heavy atom. The van der Waals surface area contributed by atoms with Gasteiger partial charge in [0.1, 0.15) is 6.54 Å². The minimum Gasteiger partial charge on any atom is -0.465 e. The number of carbonyl (C=O) groups excluding carboxylic acids is 3. The van der Waals surface area contributed by atoms with Gasteiger partial charge in [0.05, 0.1) is 45.6 Å². The van der Waals surface area contributed by atoms with Crippen molar-refractivity contribution in [2.24, 2.45) is 4.99 Å². The van der Waals surface area contributed by atoms with E-state index in [1.54, 1.807) is 49.4 Å². The molecule has 0 saturated carbocycles. The Labute approximate surface area is 228 Å². The van der Waals surface area contributed by atoms with E-state index in [0.29, 0.717) is 15.8 Å². The smallest absolute Gasteiger partial charge is 0.337 e. The second-order valence-corrected chi connectivity index (χ2v) is 11.0. The summed E-state index contributed by atoms with van der Waals surface area (Å²) in [5.41, 5.74) is 1.83. The van der Waals surface area contributed by atoms with Gasteiger partial charge in [0.2, 0.25) is 0 Å². The maximum Gasteiger partial charge on any atom is 0.337 e.